The Morgan fingerprint density at radius 2 is 1.79 bits per heavy atom. The highest BCUT2D eigenvalue weighted by molar-refractivity contribution is 6.30. The highest BCUT2D eigenvalue weighted by atomic mass is 35.5. The van der Waals surface area contributed by atoms with E-state index < -0.39 is 5.91 Å². The molecule has 0 saturated heterocycles. The zero-order chi connectivity index (χ0) is 17.3. The fourth-order valence-electron chi connectivity index (χ4n) is 2.29. The number of carbonyl (C=O) groups is 1. The molecule has 3 aromatic rings. The van der Waals surface area contributed by atoms with Crippen LogP contribution in [0.3, 0.4) is 0 Å². The lowest BCUT2D eigenvalue weighted by atomic mass is 10.0. The largest absolute Gasteiger partial charge is 0.506 e. The lowest BCUT2D eigenvalue weighted by Gasteiger charge is -2.08. The minimum absolute atomic E-state index is 0.0574. The predicted molar refractivity (Wildman–Crippen MR) is 91.4 cm³/mol. The molecule has 24 heavy (non-hydrogen) atoms. The van der Waals surface area contributed by atoms with Crippen LogP contribution >= 0.6 is 11.6 Å². The van der Waals surface area contributed by atoms with E-state index in [1.165, 1.54) is 24.3 Å². The summed E-state index contributed by atoms with van der Waals surface area (Å²) in [5, 5.41) is 29.7. The van der Waals surface area contributed by atoms with E-state index in [9.17, 15) is 15.0 Å². The van der Waals surface area contributed by atoms with E-state index in [1.807, 2.05) is 0 Å². The molecule has 0 unspecified atom stereocenters. The second-order valence-electron chi connectivity index (χ2n) is 5.04. The van der Waals surface area contributed by atoms with Gasteiger partial charge in [0.15, 0.2) is 5.75 Å². The van der Waals surface area contributed by atoms with Gasteiger partial charge >= 0.3 is 0 Å². The van der Waals surface area contributed by atoms with E-state index in [0.29, 0.717) is 15.8 Å². The quantitative estimate of drug-likeness (QED) is 0.613. The van der Waals surface area contributed by atoms with Crippen LogP contribution in [0.25, 0.3) is 10.8 Å². The second kappa shape index (κ2) is 6.17. The first kappa shape index (κ1) is 15.8. The summed E-state index contributed by atoms with van der Waals surface area (Å²) in [7, 11) is 0. The SMILES string of the molecule is NC(=O)c1cc2ccccc2c(N=Nc2cc(Cl)ccc2O)c1O. The predicted octanol–water partition coefficient (Wildman–Crippen LogP) is 4.42. The number of azo groups is 1. The first-order chi connectivity index (χ1) is 11.5. The molecule has 3 aromatic carbocycles. The molecule has 0 bridgehead atoms. The topological polar surface area (TPSA) is 108 Å². The minimum Gasteiger partial charge on any atom is -0.506 e. The smallest absolute Gasteiger partial charge is 0.252 e. The molecule has 0 heterocycles. The fourth-order valence-corrected chi connectivity index (χ4v) is 2.45. The number of halogens is 1. The first-order valence-corrected chi connectivity index (χ1v) is 7.30. The van der Waals surface area contributed by atoms with Crippen LogP contribution in [-0.2, 0) is 0 Å². The maximum atomic E-state index is 11.5. The third-order valence-corrected chi connectivity index (χ3v) is 3.69. The van der Waals surface area contributed by atoms with E-state index in [2.05, 4.69) is 10.2 Å². The summed E-state index contributed by atoms with van der Waals surface area (Å²) in [5.41, 5.74) is 5.46. The van der Waals surface area contributed by atoms with Gasteiger partial charge in [0.25, 0.3) is 5.91 Å². The van der Waals surface area contributed by atoms with Crippen molar-refractivity contribution in [3.8, 4) is 11.5 Å². The van der Waals surface area contributed by atoms with Gasteiger partial charge in [-0.15, -0.1) is 10.2 Å². The van der Waals surface area contributed by atoms with Crippen molar-refractivity contribution >= 4 is 39.7 Å². The third kappa shape index (κ3) is 2.87. The standard InChI is InChI=1S/C17H12ClN3O3/c18-10-5-6-14(22)13(8-10)20-21-15-11-4-2-1-3-9(11)7-12(16(15)23)17(19)24/h1-8,22-23H,(H2,19,24). The molecule has 0 atom stereocenters. The molecule has 7 heteroatoms. The first-order valence-electron chi connectivity index (χ1n) is 6.92. The summed E-state index contributed by atoms with van der Waals surface area (Å²) in [6, 6.07) is 12.9. The van der Waals surface area contributed by atoms with Crippen LogP contribution in [0.5, 0.6) is 11.5 Å². The molecule has 0 radical (unpaired) electrons. The number of primary amides is 1. The summed E-state index contributed by atoms with van der Waals surface area (Å²) in [6.07, 6.45) is 0. The molecule has 0 aliphatic carbocycles. The van der Waals surface area contributed by atoms with Crippen LogP contribution in [0.15, 0.2) is 58.8 Å². The molecule has 1 amide bonds. The number of fused-ring (bicyclic) bond motifs is 1. The highest BCUT2D eigenvalue weighted by Gasteiger charge is 2.16. The van der Waals surface area contributed by atoms with E-state index in [-0.39, 0.29) is 28.4 Å². The molecule has 0 spiro atoms. The monoisotopic (exact) mass is 341 g/mol. The van der Waals surface area contributed by atoms with E-state index in [1.54, 1.807) is 24.3 Å². The van der Waals surface area contributed by atoms with Crippen LogP contribution < -0.4 is 5.73 Å². The third-order valence-electron chi connectivity index (χ3n) is 3.46. The molecule has 4 N–H and O–H groups in total. The maximum absolute atomic E-state index is 11.5. The van der Waals surface area contributed by atoms with Gasteiger partial charge in [0, 0.05) is 10.4 Å². The maximum Gasteiger partial charge on any atom is 0.252 e. The number of rotatable bonds is 3. The number of aromatic hydroxyl groups is 2. The average molecular weight is 342 g/mol. The molecule has 0 fully saturated rings. The molecule has 0 saturated carbocycles. The Hall–Kier alpha value is -3.12. The van der Waals surface area contributed by atoms with Crippen molar-refractivity contribution in [1.29, 1.82) is 0 Å². The van der Waals surface area contributed by atoms with Gasteiger partial charge in [-0.2, -0.15) is 0 Å². The van der Waals surface area contributed by atoms with Crippen LogP contribution in [0.2, 0.25) is 5.02 Å². The van der Waals surface area contributed by atoms with Gasteiger partial charge in [-0.3, -0.25) is 4.79 Å². The molecule has 6 nitrogen and oxygen atoms in total. The highest BCUT2D eigenvalue weighted by Crippen LogP contribution is 2.40. The average Bonchev–Trinajstić information content (AvgIpc) is 2.56. The summed E-state index contributed by atoms with van der Waals surface area (Å²) in [6.45, 7) is 0. The van der Waals surface area contributed by atoms with E-state index in [0.717, 1.165) is 0 Å². The zero-order valence-corrected chi connectivity index (χ0v) is 13.0. The number of amides is 1. The van der Waals surface area contributed by atoms with Crippen molar-refractivity contribution in [2.24, 2.45) is 16.0 Å². The number of hydrogen-bond donors (Lipinski definition) is 3. The van der Waals surface area contributed by atoms with Gasteiger partial charge in [0.2, 0.25) is 0 Å². The molecular formula is C17H12ClN3O3. The van der Waals surface area contributed by atoms with Crippen molar-refractivity contribution < 1.29 is 15.0 Å². The van der Waals surface area contributed by atoms with Gasteiger partial charge in [-0.1, -0.05) is 35.9 Å². The number of carbonyl (C=O) groups excluding carboxylic acids is 1. The summed E-state index contributed by atoms with van der Waals surface area (Å²) in [5.74, 6) is -1.26. The molecule has 0 aromatic heterocycles. The van der Waals surface area contributed by atoms with Crippen LogP contribution in [-0.4, -0.2) is 16.1 Å². The van der Waals surface area contributed by atoms with Crippen molar-refractivity contribution in [3.63, 3.8) is 0 Å². The van der Waals surface area contributed by atoms with Gasteiger partial charge in [-0.25, -0.2) is 0 Å². The van der Waals surface area contributed by atoms with Crippen molar-refractivity contribution in [2.45, 2.75) is 0 Å². The number of benzene rings is 3. The Morgan fingerprint density at radius 1 is 1.04 bits per heavy atom. The van der Waals surface area contributed by atoms with Crippen molar-refractivity contribution in [2.75, 3.05) is 0 Å². The van der Waals surface area contributed by atoms with E-state index >= 15 is 0 Å². The molecule has 0 aliphatic rings. The molecule has 3 rings (SSSR count). The van der Waals surface area contributed by atoms with Crippen molar-refractivity contribution in [3.05, 3.63) is 59.1 Å². The van der Waals surface area contributed by atoms with Crippen LogP contribution in [0.4, 0.5) is 11.4 Å². The zero-order valence-electron chi connectivity index (χ0n) is 12.3. The van der Waals surface area contributed by atoms with Gasteiger partial charge in [0.05, 0.1) is 5.56 Å². The van der Waals surface area contributed by atoms with Gasteiger partial charge in [0.1, 0.15) is 17.1 Å². The number of nitrogens with two attached hydrogens (primary N) is 1. The lowest BCUT2D eigenvalue weighted by molar-refractivity contribution is 0.0998. The molecule has 120 valence electrons. The number of phenolic OH excluding ortho intramolecular Hbond substituents is 1. The number of phenols is 2. The number of nitrogens with zero attached hydrogens (tertiary/aromatic N) is 2. The van der Waals surface area contributed by atoms with Gasteiger partial charge in [-0.05, 0) is 29.7 Å². The number of hydrogen-bond acceptors (Lipinski definition) is 5. The van der Waals surface area contributed by atoms with Crippen LogP contribution in [0, 0.1) is 0 Å². The Labute approximate surface area is 141 Å². The second-order valence-corrected chi connectivity index (χ2v) is 5.48. The minimum atomic E-state index is -0.777. The normalized spacial score (nSPS) is 11.2. The Bertz CT molecular complexity index is 986. The molecular weight excluding hydrogens is 330 g/mol. The molecule has 0 aliphatic heterocycles. The summed E-state index contributed by atoms with van der Waals surface area (Å²) >= 11 is 5.87. The van der Waals surface area contributed by atoms with E-state index in [4.69, 9.17) is 17.3 Å². The fraction of sp³-hybridized carbons (Fsp3) is 0. The lowest BCUT2D eigenvalue weighted by Crippen LogP contribution is -2.11. The Morgan fingerprint density at radius 3 is 2.54 bits per heavy atom. The Balaban J connectivity index is 2.21. The van der Waals surface area contributed by atoms with Crippen molar-refractivity contribution in [1.82, 2.24) is 0 Å². The summed E-state index contributed by atoms with van der Waals surface area (Å²) in [4.78, 5) is 11.5. The summed E-state index contributed by atoms with van der Waals surface area (Å²) < 4.78 is 0. The van der Waals surface area contributed by atoms with Gasteiger partial charge < -0.3 is 15.9 Å². The Kier molecular flexibility index (Phi) is 4.05. The van der Waals surface area contributed by atoms with Crippen LogP contribution in [0.1, 0.15) is 10.4 Å².